The molecule has 0 bridgehead atoms. The number of rotatable bonds is 4. The quantitative estimate of drug-likeness (QED) is 0.832. The predicted octanol–water partition coefficient (Wildman–Crippen LogP) is 2.71. The molecule has 0 amide bonds. The van der Waals surface area contributed by atoms with Gasteiger partial charge in [-0.15, -0.1) is 0 Å². The largest absolute Gasteiger partial charge is 0.324 e. The van der Waals surface area contributed by atoms with Gasteiger partial charge in [-0.1, -0.05) is 23.7 Å². The zero-order chi connectivity index (χ0) is 10.6. The molecular formula is C11H14ClNO. The summed E-state index contributed by atoms with van der Waals surface area (Å²) < 4.78 is 0. The Morgan fingerprint density at radius 3 is 2.50 bits per heavy atom. The highest BCUT2D eigenvalue weighted by Crippen LogP contribution is 2.18. The summed E-state index contributed by atoms with van der Waals surface area (Å²) in [6.07, 6.45) is 1.22. The fourth-order valence-electron chi connectivity index (χ4n) is 1.24. The van der Waals surface area contributed by atoms with Crippen molar-refractivity contribution in [1.29, 1.82) is 0 Å². The van der Waals surface area contributed by atoms with E-state index in [1.54, 1.807) is 6.92 Å². The van der Waals surface area contributed by atoms with E-state index < -0.39 is 0 Å². The monoisotopic (exact) mass is 211 g/mol. The van der Waals surface area contributed by atoms with Gasteiger partial charge in [-0.2, -0.15) is 0 Å². The van der Waals surface area contributed by atoms with Gasteiger partial charge in [-0.25, -0.2) is 0 Å². The number of carbonyl (C=O) groups excluding carboxylic acids is 1. The van der Waals surface area contributed by atoms with Crippen LogP contribution < -0.4 is 5.73 Å². The van der Waals surface area contributed by atoms with Crippen LogP contribution in [0.15, 0.2) is 24.3 Å². The molecule has 14 heavy (non-hydrogen) atoms. The maximum Gasteiger partial charge on any atom is 0.129 e. The van der Waals surface area contributed by atoms with Gasteiger partial charge in [0.15, 0.2) is 0 Å². The van der Waals surface area contributed by atoms with Crippen LogP contribution in [0.1, 0.15) is 31.4 Å². The van der Waals surface area contributed by atoms with Crippen molar-refractivity contribution in [1.82, 2.24) is 0 Å². The molecule has 0 aliphatic carbocycles. The highest BCUT2D eigenvalue weighted by atomic mass is 35.5. The Bertz CT molecular complexity index is 308. The minimum atomic E-state index is -0.0730. The zero-order valence-corrected chi connectivity index (χ0v) is 8.92. The van der Waals surface area contributed by atoms with Gasteiger partial charge in [-0.3, -0.25) is 0 Å². The van der Waals surface area contributed by atoms with Gasteiger partial charge in [0.05, 0.1) is 0 Å². The van der Waals surface area contributed by atoms with Crippen molar-refractivity contribution in [2.45, 2.75) is 25.8 Å². The molecule has 1 rings (SSSR count). The van der Waals surface area contributed by atoms with E-state index in [1.807, 2.05) is 24.3 Å². The van der Waals surface area contributed by atoms with Crippen LogP contribution in [-0.2, 0) is 4.79 Å². The van der Waals surface area contributed by atoms with Crippen LogP contribution in [0.3, 0.4) is 0 Å². The summed E-state index contributed by atoms with van der Waals surface area (Å²) in [6, 6.07) is 7.34. The van der Waals surface area contributed by atoms with Crippen molar-refractivity contribution in [2.24, 2.45) is 5.73 Å². The van der Waals surface area contributed by atoms with Gasteiger partial charge in [0.25, 0.3) is 0 Å². The van der Waals surface area contributed by atoms with Crippen molar-refractivity contribution in [3.8, 4) is 0 Å². The summed E-state index contributed by atoms with van der Waals surface area (Å²) in [6.45, 7) is 1.58. The van der Waals surface area contributed by atoms with Gasteiger partial charge in [0.2, 0.25) is 0 Å². The number of hydrogen-bond donors (Lipinski definition) is 1. The molecule has 1 atom stereocenters. The summed E-state index contributed by atoms with van der Waals surface area (Å²) in [5, 5.41) is 0.701. The molecule has 0 saturated heterocycles. The number of nitrogens with two attached hydrogens (primary N) is 1. The zero-order valence-electron chi connectivity index (χ0n) is 8.16. The maximum atomic E-state index is 10.8. The molecule has 3 heteroatoms. The Morgan fingerprint density at radius 1 is 1.43 bits per heavy atom. The summed E-state index contributed by atoms with van der Waals surface area (Å²) in [5.74, 6) is 0.175. The molecule has 0 saturated carbocycles. The average Bonchev–Trinajstić information content (AvgIpc) is 2.15. The Balaban J connectivity index is 2.56. The normalized spacial score (nSPS) is 12.5. The molecule has 1 unspecified atom stereocenters. The molecule has 0 aliphatic rings. The van der Waals surface area contributed by atoms with Gasteiger partial charge in [0, 0.05) is 17.5 Å². The van der Waals surface area contributed by atoms with E-state index >= 15 is 0 Å². The predicted molar refractivity (Wildman–Crippen MR) is 58.3 cm³/mol. The van der Waals surface area contributed by atoms with Crippen molar-refractivity contribution in [2.75, 3.05) is 0 Å². The lowest BCUT2D eigenvalue weighted by molar-refractivity contribution is -0.117. The Labute approximate surface area is 89.1 Å². The minimum absolute atomic E-state index is 0.0730. The first-order chi connectivity index (χ1) is 6.59. The number of benzene rings is 1. The number of hydrogen-bond acceptors (Lipinski definition) is 2. The number of carbonyl (C=O) groups is 1. The fourth-order valence-corrected chi connectivity index (χ4v) is 1.36. The maximum absolute atomic E-state index is 10.8. The molecule has 2 N–H and O–H groups in total. The molecular weight excluding hydrogens is 198 g/mol. The van der Waals surface area contributed by atoms with Crippen molar-refractivity contribution >= 4 is 17.4 Å². The molecule has 1 aromatic rings. The van der Waals surface area contributed by atoms with E-state index in [0.717, 1.165) is 5.56 Å². The molecule has 2 nitrogen and oxygen atoms in total. The number of ketones is 1. The summed E-state index contributed by atoms with van der Waals surface area (Å²) in [5.41, 5.74) is 6.92. The molecule has 0 aromatic heterocycles. The van der Waals surface area contributed by atoms with Gasteiger partial charge >= 0.3 is 0 Å². The second-order valence-electron chi connectivity index (χ2n) is 3.40. The van der Waals surface area contributed by atoms with Crippen molar-refractivity contribution in [3.05, 3.63) is 34.9 Å². The lowest BCUT2D eigenvalue weighted by Crippen LogP contribution is -2.11. The van der Waals surface area contributed by atoms with Crippen LogP contribution in [-0.4, -0.2) is 5.78 Å². The Kier molecular flexibility index (Phi) is 4.11. The lowest BCUT2D eigenvalue weighted by atomic mass is 10.0. The topological polar surface area (TPSA) is 43.1 Å². The van der Waals surface area contributed by atoms with Crippen molar-refractivity contribution in [3.63, 3.8) is 0 Å². The molecule has 0 fully saturated rings. The van der Waals surface area contributed by atoms with Crippen LogP contribution in [0.2, 0.25) is 5.02 Å². The summed E-state index contributed by atoms with van der Waals surface area (Å²) in [4.78, 5) is 10.8. The van der Waals surface area contributed by atoms with Crippen molar-refractivity contribution < 1.29 is 4.79 Å². The molecule has 1 aromatic carbocycles. The van der Waals surface area contributed by atoms with Gasteiger partial charge in [-0.05, 0) is 31.0 Å². The van der Waals surface area contributed by atoms with E-state index in [4.69, 9.17) is 17.3 Å². The van der Waals surface area contributed by atoms with E-state index in [0.29, 0.717) is 17.9 Å². The number of halogens is 1. The Hall–Kier alpha value is -0.860. The summed E-state index contributed by atoms with van der Waals surface area (Å²) in [7, 11) is 0. The smallest absolute Gasteiger partial charge is 0.129 e. The minimum Gasteiger partial charge on any atom is -0.324 e. The third-order valence-electron chi connectivity index (χ3n) is 2.11. The fraction of sp³-hybridized carbons (Fsp3) is 0.364. The van der Waals surface area contributed by atoms with Crippen LogP contribution in [0.4, 0.5) is 0 Å². The molecule has 0 radical (unpaired) electrons. The summed E-state index contributed by atoms with van der Waals surface area (Å²) >= 11 is 5.75. The van der Waals surface area contributed by atoms with Crippen LogP contribution >= 0.6 is 11.6 Å². The molecule has 0 spiro atoms. The highest BCUT2D eigenvalue weighted by Gasteiger charge is 2.06. The van der Waals surface area contributed by atoms with E-state index in [9.17, 15) is 4.79 Å². The van der Waals surface area contributed by atoms with E-state index in [2.05, 4.69) is 0 Å². The van der Waals surface area contributed by atoms with Crippen LogP contribution in [0, 0.1) is 0 Å². The van der Waals surface area contributed by atoms with Gasteiger partial charge in [0.1, 0.15) is 5.78 Å². The van der Waals surface area contributed by atoms with E-state index in [-0.39, 0.29) is 11.8 Å². The SMILES string of the molecule is CC(=O)CCC(N)c1ccc(Cl)cc1. The van der Waals surface area contributed by atoms with E-state index in [1.165, 1.54) is 0 Å². The Morgan fingerprint density at radius 2 is 2.00 bits per heavy atom. The third kappa shape index (κ3) is 3.48. The first-order valence-electron chi connectivity index (χ1n) is 4.60. The van der Waals surface area contributed by atoms with Gasteiger partial charge < -0.3 is 10.5 Å². The molecule has 0 aliphatic heterocycles. The van der Waals surface area contributed by atoms with Crippen LogP contribution in [0.25, 0.3) is 0 Å². The average molecular weight is 212 g/mol. The molecule has 76 valence electrons. The second kappa shape index (κ2) is 5.13. The first kappa shape index (κ1) is 11.2. The highest BCUT2D eigenvalue weighted by molar-refractivity contribution is 6.30. The third-order valence-corrected chi connectivity index (χ3v) is 2.36. The van der Waals surface area contributed by atoms with Crippen LogP contribution in [0.5, 0.6) is 0 Å². The standard InChI is InChI=1S/C11H14ClNO/c1-8(14)2-7-11(13)9-3-5-10(12)6-4-9/h3-6,11H,2,7,13H2,1H3. The molecule has 0 heterocycles. The first-order valence-corrected chi connectivity index (χ1v) is 4.98. The second-order valence-corrected chi connectivity index (χ2v) is 3.84. The lowest BCUT2D eigenvalue weighted by Gasteiger charge is -2.10. The number of Topliss-reactive ketones (excluding diaryl/α,β-unsaturated/α-hetero) is 1.